The zero-order valence-electron chi connectivity index (χ0n) is 16.7. The fourth-order valence-electron chi connectivity index (χ4n) is 4.30. The fourth-order valence-corrected chi connectivity index (χ4v) is 5.06. The molecule has 1 N–H and O–H groups in total. The van der Waals surface area contributed by atoms with Gasteiger partial charge in [-0.25, -0.2) is 9.97 Å². The third-order valence-electron chi connectivity index (χ3n) is 5.70. The number of aryl methyl sites for hydroxylation is 1. The third kappa shape index (κ3) is 3.56. The van der Waals surface area contributed by atoms with Gasteiger partial charge < -0.3 is 9.88 Å². The summed E-state index contributed by atoms with van der Waals surface area (Å²) in [5.41, 5.74) is 4.33. The summed E-state index contributed by atoms with van der Waals surface area (Å²) < 4.78 is 2.21. The first-order valence-corrected chi connectivity index (χ1v) is 10.9. The molecule has 6 nitrogen and oxygen atoms in total. The van der Waals surface area contributed by atoms with Crippen LogP contribution in [0.5, 0.6) is 0 Å². The maximum atomic E-state index is 9.07. The van der Waals surface area contributed by atoms with E-state index in [1.54, 1.807) is 29.7 Å². The van der Waals surface area contributed by atoms with Crippen molar-refractivity contribution in [3.8, 4) is 6.07 Å². The minimum Gasteiger partial charge on any atom is -0.350 e. The van der Waals surface area contributed by atoms with Gasteiger partial charge >= 0.3 is 0 Å². The quantitative estimate of drug-likeness (QED) is 0.499. The normalized spacial score (nSPS) is 16.7. The van der Waals surface area contributed by atoms with Gasteiger partial charge in [0, 0.05) is 42.3 Å². The molecule has 0 saturated carbocycles. The average molecular weight is 415 g/mol. The standard InChI is InChI=1S/C23H22N6S/c1-28-13-17(18-5-2-3-6-20(18)28)14-29-10-4-7-21(29)19-15-30-23(26-19)27-22-11-16(12-24)8-9-25-22/h2-3,5-6,8-9,11,13,15,21H,4,7,10,14H2,1H3,(H,25,26,27)/t21-/m1/s1. The molecule has 0 spiro atoms. The maximum Gasteiger partial charge on any atom is 0.188 e. The Hall–Kier alpha value is -3.21. The fraction of sp³-hybridized carbons (Fsp3) is 0.261. The van der Waals surface area contributed by atoms with Crippen molar-refractivity contribution < 1.29 is 0 Å². The van der Waals surface area contributed by atoms with Crippen LogP contribution in [0.4, 0.5) is 10.9 Å². The van der Waals surface area contributed by atoms with Gasteiger partial charge in [-0.3, -0.25) is 4.90 Å². The second-order valence-corrected chi connectivity index (χ2v) is 8.51. The number of anilines is 2. The lowest BCUT2D eigenvalue weighted by atomic mass is 10.1. The molecule has 0 bridgehead atoms. The monoisotopic (exact) mass is 414 g/mol. The first-order chi connectivity index (χ1) is 14.7. The molecule has 1 saturated heterocycles. The van der Waals surface area contributed by atoms with Crippen LogP contribution in [0.1, 0.15) is 35.7 Å². The molecule has 150 valence electrons. The zero-order valence-corrected chi connectivity index (χ0v) is 17.6. The number of likely N-dealkylation sites (tertiary alicyclic amines) is 1. The van der Waals surface area contributed by atoms with E-state index in [4.69, 9.17) is 10.2 Å². The van der Waals surface area contributed by atoms with E-state index in [-0.39, 0.29) is 0 Å². The lowest BCUT2D eigenvalue weighted by Gasteiger charge is -2.22. The van der Waals surface area contributed by atoms with E-state index in [9.17, 15) is 0 Å². The van der Waals surface area contributed by atoms with Gasteiger partial charge in [0.1, 0.15) is 5.82 Å². The van der Waals surface area contributed by atoms with E-state index >= 15 is 0 Å². The highest BCUT2D eigenvalue weighted by molar-refractivity contribution is 7.13. The topological polar surface area (TPSA) is 69.8 Å². The molecular weight excluding hydrogens is 392 g/mol. The highest BCUT2D eigenvalue weighted by Gasteiger charge is 2.28. The van der Waals surface area contributed by atoms with E-state index in [1.165, 1.54) is 22.9 Å². The maximum absolute atomic E-state index is 9.07. The van der Waals surface area contributed by atoms with Crippen molar-refractivity contribution in [1.82, 2.24) is 19.4 Å². The molecule has 0 unspecified atom stereocenters. The lowest BCUT2D eigenvalue weighted by Crippen LogP contribution is -2.22. The second-order valence-electron chi connectivity index (χ2n) is 7.65. The van der Waals surface area contributed by atoms with Crippen molar-refractivity contribution in [2.75, 3.05) is 11.9 Å². The van der Waals surface area contributed by atoms with Crippen LogP contribution in [0.25, 0.3) is 10.9 Å². The Bertz CT molecular complexity index is 1230. The number of aromatic nitrogens is 3. The van der Waals surface area contributed by atoms with Crippen LogP contribution in [0.3, 0.4) is 0 Å². The Morgan fingerprint density at radius 3 is 3.10 bits per heavy atom. The minimum absolute atomic E-state index is 0.328. The van der Waals surface area contributed by atoms with Crippen LogP contribution in [0.2, 0.25) is 0 Å². The Labute approximate surface area is 179 Å². The predicted molar refractivity (Wildman–Crippen MR) is 120 cm³/mol. The van der Waals surface area contributed by atoms with Gasteiger partial charge in [0.2, 0.25) is 0 Å². The van der Waals surface area contributed by atoms with Gasteiger partial charge in [0.15, 0.2) is 5.13 Å². The predicted octanol–water partition coefficient (Wildman–Crippen LogP) is 4.98. The summed E-state index contributed by atoms with van der Waals surface area (Å²) in [5.74, 6) is 0.647. The van der Waals surface area contributed by atoms with Gasteiger partial charge in [0.05, 0.1) is 23.4 Å². The number of hydrogen-bond acceptors (Lipinski definition) is 6. The summed E-state index contributed by atoms with van der Waals surface area (Å²) in [7, 11) is 2.11. The minimum atomic E-state index is 0.328. The summed E-state index contributed by atoms with van der Waals surface area (Å²) in [5, 5.41) is 16.6. The number of fused-ring (bicyclic) bond motifs is 1. The van der Waals surface area contributed by atoms with Gasteiger partial charge in [-0.1, -0.05) is 18.2 Å². The summed E-state index contributed by atoms with van der Waals surface area (Å²) in [6.07, 6.45) is 6.19. The van der Waals surface area contributed by atoms with Gasteiger partial charge in [-0.05, 0) is 43.1 Å². The molecule has 5 rings (SSSR count). The molecule has 4 heterocycles. The smallest absolute Gasteiger partial charge is 0.188 e. The van der Waals surface area contributed by atoms with E-state index in [2.05, 4.69) is 68.7 Å². The van der Waals surface area contributed by atoms with E-state index < -0.39 is 0 Å². The molecule has 4 aromatic rings. The number of para-hydroxylation sites is 1. The Morgan fingerprint density at radius 1 is 1.30 bits per heavy atom. The number of nitrogens with zero attached hydrogens (tertiary/aromatic N) is 5. The van der Waals surface area contributed by atoms with Crippen molar-refractivity contribution in [1.29, 1.82) is 5.26 Å². The van der Waals surface area contributed by atoms with E-state index in [0.29, 0.717) is 17.4 Å². The highest BCUT2D eigenvalue weighted by Crippen LogP contribution is 2.36. The Morgan fingerprint density at radius 2 is 2.20 bits per heavy atom. The van der Waals surface area contributed by atoms with Crippen LogP contribution in [-0.4, -0.2) is 26.0 Å². The molecular formula is C23H22N6S. The lowest BCUT2D eigenvalue weighted by molar-refractivity contribution is 0.246. The van der Waals surface area contributed by atoms with Crippen molar-refractivity contribution >= 4 is 33.2 Å². The second kappa shape index (κ2) is 7.90. The highest BCUT2D eigenvalue weighted by atomic mass is 32.1. The van der Waals surface area contributed by atoms with Crippen molar-refractivity contribution in [2.24, 2.45) is 7.05 Å². The molecule has 1 aromatic carbocycles. The molecule has 1 aliphatic rings. The SMILES string of the molecule is Cn1cc(CN2CCC[C@@H]2c2csc(Nc3cc(C#N)ccn3)n2)c2ccccc21. The van der Waals surface area contributed by atoms with Crippen LogP contribution in [0.15, 0.2) is 54.2 Å². The molecule has 1 aliphatic heterocycles. The zero-order chi connectivity index (χ0) is 20.5. The molecule has 0 amide bonds. The first-order valence-electron chi connectivity index (χ1n) is 10.1. The molecule has 3 aromatic heterocycles. The van der Waals surface area contributed by atoms with E-state index in [1.807, 2.05) is 0 Å². The number of benzene rings is 1. The van der Waals surface area contributed by atoms with Gasteiger partial charge in [-0.2, -0.15) is 5.26 Å². The largest absolute Gasteiger partial charge is 0.350 e. The number of pyridine rings is 1. The summed E-state index contributed by atoms with van der Waals surface area (Å²) in [6, 6.07) is 14.5. The number of nitrogens with one attached hydrogen (secondary N) is 1. The Balaban J connectivity index is 1.34. The van der Waals surface area contributed by atoms with Crippen LogP contribution < -0.4 is 5.32 Å². The van der Waals surface area contributed by atoms with Crippen LogP contribution in [0, 0.1) is 11.3 Å². The number of nitriles is 1. The van der Waals surface area contributed by atoms with Crippen LogP contribution >= 0.6 is 11.3 Å². The number of hydrogen-bond donors (Lipinski definition) is 1. The molecule has 1 atom stereocenters. The Kier molecular flexibility index (Phi) is 4.95. The van der Waals surface area contributed by atoms with Gasteiger partial charge in [0.25, 0.3) is 0 Å². The average Bonchev–Trinajstić information content (AvgIpc) is 3.49. The molecule has 0 aliphatic carbocycles. The molecule has 0 radical (unpaired) electrons. The number of thiazole rings is 1. The molecule has 1 fully saturated rings. The summed E-state index contributed by atoms with van der Waals surface area (Å²) in [6.45, 7) is 2.01. The van der Waals surface area contributed by atoms with Crippen molar-refractivity contribution in [3.63, 3.8) is 0 Å². The van der Waals surface area contributed by atoms with Crippen LogP contribution in [-0.2, 0) is 13.6 Å². The van der Waals surface area contributed by atoms with E-state index in [0.717, 1.165) is 30.3 Å². The van der Waals surface area contributed by atoms with Gasteiger partial charge in [-0.15, -0.1) is 11.3 Å². The summed E-state index contributed by atoms with van der Waals surface area (Å²) >= 11 is 1.58. The third-order valence-corrected chi connectivity index (χ3v) is 6.48. The first kappa shape index (κ1) is 18.8. The van der Waals surface area contributed by atoms with Crippen molar-refractivity contribution in [3.05, 3.63) is 71.0 Å². The summed E-state index contributed by atoms with van der Waals surface area (Å²) in [4.78, 5) is 11.7. The molecule has 7 heteroatoms. The molecule has 30 heavy (non-hydrogen) atoms. The van der Waals surface area contributed by atoms with Crippen molar-refractivity contribution in [2.45, 2.75) is 25.4 Å². The number of rotatable bonds is 5.